The first-order valence-corrected chi connectivity index (χ1v) is 7.34. The van der Waals surface area contributed by atoms with Crippen molar-refractivity contribution >= 4 is 15.8 Å². The largest absolute Gasteiger partial charge is 0.339 e. The second kappa shape index (κ2) is 4.81. The molecule has 1 aliphatic rings. The molecule has 0 amide bonds. The van der Waals surface area contributed by atoms with E-state index < -0.39 is 10.0 Å². The van der Waals surface area contributed by atoms with Gasteiger partial charge in [0.25, 0.3) is 10.0 Å². The van der Waals surface area contributed by atoms with E-state index in [1.165, 1.54) is 16.8 Å². The number of ketones is 1. The van der Waals surface area contributed by atoms with Crippen LogP contribution in [0.5, 0.6) is 0 Å². The van der Waals surface area contributed by atoms with Gasteiger partial charge in [-0.05, 0) is 19.8 Å². The molecule has 1 aliphatic heterocycles. The van der Waals surface area contributed by atoms with E-state index in [1.807, 2.05) is 0 Å². The Morgan fingerprint density at radius 1 is 1.39 bits per heavy atom. The zero-order chi connectivity index (χ0) is 13.3. The van der Waals surface area contributed by atoms with Crippen molar-refractivity contribution in [1.29, 1.82) is 0 Å². The lowest BCUT2D eigenvalue weighted by Gasteiger charge is -2.29. The third-order valence-corrected chi connectivity index (χ3v) is 5.10. The van der Waals surface area contributed by atoms with E-state index >= 15 is 0 Å². The van der Waals surface area contributed by atoms with Crippen LogP contribution in [0.3, 0.4) is 0 Å². The summed E-state index contributed by atoms with van der Waals surface area (Å²) >= 11 is 0. The van der Waals surface area contributed by atoms with Crippen molar-refractivity contribution < 1.29 is 13.2 Å². The molecule has 0 spiro atoms. The third kappa shape index (κ3) is 2.46. The second-order valence-electron chi connectivity index (χ2n) is 4.67. The average Bonchev–Trinajstić information content (AvgIpc) is 2.76. The predicted molar refractivity (Wildman–Crippen MR) is 65.4 cm³/mol. The Kier molecular flexibility index (Phi) is 3.54. The monoisotopic (exact) mass is 271 g/mol. The minimum Gasteiger partial charge on any atom is -0.339 e. The SMILES string of the molecule is CC(=O)C1CCN(S(=O)(=O)c2cn(C)cn2)CC1. The molecule has 0 radical (unpaired) electrons. The van der Waals surface area contributed by atoms with Crippen molar-refractivity contribution in [3.8, 4) is 0 Å². The summed E-state index contributed by atoms with van der Waals surface area (Å²) in [7, 11) is -1.77. The van der Waals surface area contributed by atoms with Crippen LogP contribution in [-0.2, 0) is 21.9 Å². The molecule has 0 unspecified atom stereocenters. The molecule has 0 atom stereocenters. The summed E-state index contributed by atoms with van der Waals surface area (Å²) in [4.78, 5) is 15.1. The van der Waals surface area contributed by atoms with Crippen LogP contribution in [0.1, 0.15) is 19.8 Å². The lowest BCUT2D eigenvalue weighted by molar-refractivity contribution is -0.121. The fraction of sp³-hybridized carbons (Fsp3) is 0.636. The van der Waals surface area contributed by atoms with Gasteiger partial charge in [0, 0.05) is 32.3 Å². The predicted octanol–water partition coefficient (Wildman–Crippen LogP) is 0.410. The highest BCUT2D eigenvalue weighted by molar-refractivity contribution is 7.89. The molecule has 7 heteroatoms. The van der Waals surface area contributed by atoms with E-state index in [-0.39, 0.29) is 16.7 Å². The Labute approximate surface area is 107 Å². The average molecular weight is 271 g/mol. The normalized spacial score (nSPS) is 19.0. The number of hydrogen-bond donors (Lipinski definition) is 0. The summed E-state index contributed by atoms with van der Waals surface area (Å²) in [5, 5.41) is 0.0753. The number of Topliss-reactive ketones (excluding diaryl/α,β-unsaturated/α-hetero) is 1. The first-order valence-electron chi connectivity index (χ1n) is 5.90. The van der Waals surface area contributed by atoms with E-state index in [1.54, 1.807) is 18.5 Å². The van der Waals surface area contributed by atoms with Crippen LogP contribution < -0.4 is 0 Å². The van der Waals surface area contributed by atoms with E-state index in [0.717, 1.165) is 0 Å². The van der Waals surface area contributed by atoms with Crippen LogP contribution in [0.2, 0.25) is 0 Å². The van der Waals surface area contributed by atoms with Gasteiger partial charge in [-0.25, -0.2) is 13.4 Å². The maximum absolute atomic E-state index is 12.2. The molecule has 2 rings (SSSR count). The topological polar surface area (TPSA) is 72.3 Å². The zero-order valence-electron chi connectivity index (χ0n) is 10.5. The van der Waals surface area contributed by atoms with Gasteiger partial charge < -0.3 is 4.57 Å². The van der Waals surface area contributed by atoms with Gasteiger partial charge in [0.2, 0.25) is 0 Å². The molecule has 1 saturated heterocycles. The van der Waals surface area contributed by atoms with Crippen LogP contribution in [0, 0.1) is 5.92 Å². The number of nitrogens with zero attached hydrogens (tertiary/aromatic N) is 3. The summed E-state index contributed by atoms with van der Waals surface area (Å²) in [6.07, 6.45) is 4.16. The number of piperidine rings is 1. The maximum Gasteiger partial charge on any atom is 0.262 e. The number of sulfonamides is 1. The maximum atomic E-state index is 12.2. The standard InChI is InChI=1S/C11H17N3O3S/c1-9(15)10-3-5-14(6-4-10)18(16,17)11-7-13(2)8-12-11/h7-8,10H,3-6H2,1-2H3. The Balaban J connectivity index is 2.12. The molecule has 1 aromatic heterocycles. The number of hydrogen-bond acceptors (Lipinski definition) is 4. The number of aryl methyl sites for hydroxylation is 1. The highest BCUT2D eigenvalue weighted by atomic mass is 32.2. The molecule has 18 heavy (non-hydrogen) atoms. The second-order valence-corrected chi connectivity index (χ2v) is 6.55. The van der Waals surface area contributed by atoms with E-state index in [2.05, 4.69) is 4.98 Å². The van der Waals surface area contributed by atoms with Crippen molar-refractivity contribution in [3.63, 3.8) is 0 Å². The molecule has 0 aromatic carbocycles. The Morgan fingerprint density at radius 2 is 2.00 bits per heavy atom. The fourth-order valence-electron chi connectivity index (χ4n) is 2.16. The zero-order valence-corrected chi connectivity index (χ0v) is 11.4. The smallest absolute Gasteiger partial charge is 0.262 e. The molecular formula is C11H17N3O3S. The molecule has 1 aromatic rings. The van der Waals surface area contributed by atoms with Crippen LogP contribution in [-0.4, -0.2) is 41.1 Å². The van der Waals surface area contributed by atoms with Gasteiger partial charge >= 0.3 is 0 Å². The van der Waals surface area contributed by atoms with Crippen molar-refractivity contribution in [2.45, 2.75) is 24.8 Å². The molecule has 6 nitrogen and oxygen atoms in total. The first kappa shape index (κ1) is 13.2. The lowest BCUT2D eigenvalue weighted by atomic mass is 9.95. The van der Waals surface area contributed by atoms with Crippen LogP contribution in [0.25, 0.3) is 0 Å². The summed E-state index contributed by atoms with van der Waals surface area (Å²) in [5.74, 6) is 0.144. The van der Waals surface area contributed by atoms with Gasteiger partial charge in [0.1, 0.15) is 5.78 Å². The molecule has 0 saturated carbocycles. The molecule has 0 aliphatic carbocycles. The summed E-state index contributed by atoms with van der Waals surface area (Å²) in [5.41, 5.74) is 0. The highest BCUT2D eigenvalue weighted by Crippen LogP contribution is 2.23. The van der Waals surface area contributed by atoms with Gasteiger partial charge in [-0.3, -0.25) is 4.79 Å². The number of imidazole rings is 1. The first-order chi connectivity index (χ1) is 8.41. The number of carbonyl (C=O) groups is 1. The van der Waals surface area contributed by atoms with Crippen LogP contribution >= 0.6 is 0 Å². The number of rotatable bonds is 3. The minimum absolute atomic E-state index is 0.000169. The molecule has 1 fully saturated rings. The molecule has 2 heterocycles. The van der Waals surface area contributed by atoms with Crippen molar-refractivity contribution in [2.75, 3.05) is 13.1 Å². The number of carbonyl (C=O) groups excluding carboxylic acids is 1. The van der Waals surface area contributed by atoms with Crippen molar-refractivity contribution in [1.82, 2.24) is 13.9 Å². The summed E-state index contributed by atoms with van der Waals surface area (Å²) < 4.78 is 27.5. The van der Waals surface area contributed by atoms with Gasteiger partial charge in [-0.2, -0.15) is 4.31 Å². The molecule has 100 valence electrons. The molecular weight excluding hydrogens is 254 g/mol. The Hall–Kier alpha value is -1.21. The van der Waals surface area contributed by atoms with E-state index in [0.29, 0.717) is 25.9 Å². The van der Waals surface area contributed by atoms with E-state index in [4.69, 9.17) is 0 Å². The van der Waals surface area contributed by atoms with Gasteiger partial charge in [0.05, 0.1) is 6.33 Å². The van der Waals surface area contributed by atoms with Gasteiger partial charge in [0.15, 0.2) is 5.03 Å². The quantitative estimate of drug-likeness (QED) is 0.798. The van der Waals surface area contributed by atoms with Crippen LogP contribution in [0.4, 0.5) is 0 Å². The third-order valence-electron chi connectivity index (χ3n) is 3.31. The highest BCUT2D eigenvalue weighted by Gasteiger charge is 2.31. The van der Waals surface area contributed by atoms with Crippen LogP contribution in [0.15, 0.2) is 17.6 Å². The van der Waals surface area contributed by atoms with Crippen molar-refractivity contribution in [3.05, 3.63) is 12.5 Å². The van der Waals surface area contributed by atoms with Gasteiger partial charge in [-0.15, -0.1) is 0 Å². The summed E-state index contributed by atoms with van der Waals surface area (Å²) in [6.45, 7) is 2.35. The van der Waals surface area contributed by atoms with Crippen molar-refractivity contribution in [2.24, 2.45) is 13.0 Å². The Morgan fingerprint density at radius 3 is 2.44 bits per heavy atom. The molecule has 0 N–H and O–H groups in total. The van der Waals surface area contributed by atoms with E-state index in [9.17, 15) is 13.2 Å². The summed E-state index contributed by atoms with van der Waals surface area (Å²) in [6, 6.07) is 0. The minimum atomic E-state index is -3.50. The molecule has 0 bridgehead atoms. The number of aromatic nitrogens is 2. The Bertz CT molecular complexity index is 542. The van der Waals surface area contributed by atoms with Gasteiger partial charge in [-0.1, -0.05) is 0 Å². The fourth-order valence-corrected chi connectivity index (χ4v) is 3.59. The lowest BCUT2D eigenvalue weighted by Crippen LogP contribution is -2.40.